The van der Waals surface area contributed by atoms with Crippen molar-refractivity contribution in [1.29, 1.82) is 0 Å². The van der Waals surface area contributed by atoms with Crippen molar-refractivity contribution in [1.82, 2.24) is 10.2 Å². The molecule has 0 aromatic heterocycles. The first-order chi connectivity index (χ1) is 14.1. The van der Waals surface area contributed by atoms with Crippen LogP contribution in [-0.2, 0) is 13.0 Å². The van der Waals surface area contributed by atoms with Gasteiger partial charge in [-0.2, -0.15) is 0 Å². The molecule has 0 spiro atoms. The van der Waals surface area contributed by atoms with Gasteiger partial charge >= 0.3 is 0 Å². The molecule has 5 heteroatoms. The molecule has 148 valence electrons. The minimum atomic E-state index is -0.231. The summed E-state index contributed by atoms with van der Waals surface area (Å²) in [6, 6.07) is 27.3. The second kappa shape index (κ2) is 10.4. The lowest BCUT2D eigenvalue weighted by Crippen LogP contribution is -2.40. The molecular formula is C24H24N2O2S. The van der Waals surface area contributed by atoms with Crippen molar-refractivity contribution >= 4 is 23.2 Å². The van der Waals surface area contributed by atoms with Gasteiger partial charge in [0.2, 0.25) is 0 Å². The van der Waals surface area contributed by atoms with Crippen molar-refractivity contribution in [3.05, 3.63) is 102 Å². The molecule has 0 heterocycles. The van der Waals surface area contributed by atoms with Crippen molar-refractivity contribution in [2.24, 2.45) is 0 Å². The number of hydrogen-bond acceptors (Lipinski definition) is 3. The first kappa shape index (κ1) is 20.6. The van der Waals surface area contributed by atoms with E-state index >= 15 is 0 Å². The molecule has 29 heavy (non-hydrogen) atoms. The number of carbonyl (C=O) groups is 1. The number of amides is 1. The van der Waals surface area contributed by atoms with Crippen LogP contribution in [0.25, 0.3) is 0 Å². The van der Waals surface area contributed by atoms with Crippen LogP contribution in [0.1, 0.15) is 21.5 Å². The number of hydrogen-bond donors (Lipinski definition) is 1. The number of ether oxygens (including phenoxy) is 1. The van der Waals surface area contributed by atoms with Crippen LogP contribution in [0.5, 0.6) is 5.75 Å². The van der Waals surface area contributed by atoms with Crippen LogP contribution in [0, 0.1) is 0 Å². The van der Waals surface area contributed by atoms with E-state index in [1.165, 1.54) is 5.56 Å². The van der Waals surface area contributed by atoms with Crippen molar-refractivity contribution in [3.8, 4) is 5.75 Å². The number of benzene rings is 3. The Labute approximate surface area is 177 Å². The number of nitrogens with one attached hydrogen (secondary N) is 1. The number of thiocarbonyl (C=S) groups is 1. The minimum Gasteiger partial charge on any atom is -0.493 e. The highest BCUT2D eigenvalue weighted by Gasteiger charge is 2.11. The third-order valence-electron chi connectivity index (χ3n) is 4.45. The van der Waals surface area contributed by atoms with Crippen molar-refractivity contribution < 1.29 is 9.53 Å². The van der Waals surface area contributed by atoms with E-state index < -0.39 is 0 Å². The van der Waals surface area contributed by atoms with Crippen LogP contribution in [0.4, 0.5) is 0 Å². The van der Waals surface area contributed by atoms with E-state index in [0.717, 1.165) is 17.7 Å². The normalized spacial score (nSPS) is 10.2. The Bertz CT molecular complexity index is 928. The average molecular weight is 405 g/mol. The van der Waals surface area contributed by atoms with Crippen LogP contribution in [-0.4, -0.2) is 29.6 Å². The lowest BCUT2D eigenvalue weighted by atomic mass is 10.2. The molecule has 0 aliphatic rings. The van der Waals surface area contributed by atoms with Gasteiger partial charge in [0, 0.05) is 25.6 Å². The van der Waals surface area contributed by atoms with Crippen molar-refractivity contribution in [2.45, 2.75) is 13.0 Å². The third kappa shape index (κ3) is 6.43. The molecule has 0 aliphatic carbocycles. The van der Waals surface area contributed by atoms with Gasteiger partial charge in [-0.3, -0.25) is 10.1 Å². The van der Waals surface area contributed by atoms with Gasteiger partial charge < -0.3 is 9.64 Å². The zero-order valence-corrected chi connectivity index (χ0v) is 17.2. The molecular weight excluding hydrogens is 380 g/mol. The smallest absolute Gasteiger partial charge is 0.257 e. The highest BCUT2D eigenvalue weighted by Crippen LogP contribution is 2.13. The summed E-state index contributed by atoms with van der Waals surface area (Å²) in [5, 5.41) is 3.17. The van der Waals surface area contributed by atoms with Gasteiger partial charge in [-0.15, -0.1) is 0 Å². The Morgan fingerprint density at radius 2 is 1.48 bits per heavy atom. The minimum absolute atomic E-state index is 0.231. The van der Waals surface area contributed by atoms with Crippen molar-refractivity contribution in [2.75, 3.05) is 13.7 Å². The molecule has 0 bridgehead atoms. The molecule has 0 radical (unpaired) electrons. The summed E-state index contributed by atoms with van der Waals surface area (Å²) in [7, 11) is 1.86. The van der Waals surface area contributed by atoms with E-state index in [2.05, 4.69) is 17.4 Å². The Kier molecular flexibility index (Phi) is 7.36. The standard InChI is InChI=1S/C24H24N2O2S/c1-26(18-20-10-6-3-7-11-20)24(29)25-23(27)21-12-14-22(15-13-21)28-17-16-19-8-4-2-5-9-19/h2-15H,16-18H2,1H3,(H,25,27,29). The monoisotopic (exact) mass is 404 g/mol. The van der Waals surface area contributed by atoms with Gasteiger partial charge in [-0.05, 0) is 47.6 Å². The van der Waals surface area contributed by atoms with Gasteiger partial charge in [0.25, 0.3) is 5.91 Å². The van der Waals surface area contributed by atoms with Crippen LogP contribution >= 0.6 is 12.2 Å². The largest absolute Gasteiger partial charge is 0.493 e. The van der Waals surface area contributed by atoms with Gasteiger partial charge in [-0.25, -0.2) is 0 Å². The van der Waals surface area contributed by atoms with Crippen LogP contribution in [0.3, 0.4) is 0 Å². The molecule has 0 saturated carbocycles. The lowest BCUT2D eigenvalue weighted by Gasteiger charge is -2.20. The second-order valence-corrected chi connectivity index (χ2v) is 7.10. The fourth-order valence-electron chi connectivity index (χ4n) is 2.83. The third-order valence-corrected chi connectivity index (χ3v) is 4.86. The Morgan fingerprint density at radius 3 is 2.10 bits per heavy atom. The lowest BCUT2D eigenvalue weighted by molar-refractivity contribution is 0.0973. The molecule has 0 fully saturated rings. The highest BCUT2D eigenvalue weighted by atomic mass is 32.1. The van der Waals surface area contributed by atoms with Gasteiger partial charge in [0.15, 0.2) is 5.11 Å². The maximum Gasteiger partial charge on any atom is 0.257 e. The van der Waals surface area contributed by atoms with E-state index in [9.17, 15) is 4.79 Å². The van der Waals surface area contributed by atoms with Crippen LogP contribution < -0.4 is 10.1 Å². The van der Waals surface area contributed by atoms with E-state index in [0.29, 0.717) is 23.8 Å². The predicted octanol–water partition coefficient (Wildman–Crippen LogP) is 4.45. The molecule has 3 aromatic rings. The molecule has 1 amide bonds. The van der Waals surface area contributed by atoms with Crippen LogP contribution in [0.15, 0.2) is 84.9 Å². The molecule has 0 aliphatic heterocycles. The average Bonchev–Trinajstić information content (AvgIpc) is 2.75. The van der Waals surface area contributed by atoms with Crippen molar-refractivity contribution in [3.63, 3.8) is 0 Å². The topological polar surface area (TPSA) is 41.6 Å². The quantitative estimate of drug-likeness (QED) is 0.591. The zero-order valence-electron chi connectivity index (χ0n) is 16.4. The van der Waals surface area contributed by atoms with E-state index in [4.69, 9.17) is 17.0 Å². The molecule has 3 rings (SSSR count). The maximum absolute atomic E-state index is 12.5. The summed E-state index contributed by atoms with van der Waals surface area (Å²) in [6.07, 6.45) is 0.838. The summed E-state index contributed by atoms with van der Waals surface area (Å²) < 4.78 is 5.76. The van der Waals surface area contributed by atoms with Gasteiger partial charge in [-0.1, -0.05) is 60.7 Å². The maximum atomic E-state index is 12.5. The van der Waals surface area contributed by atoms with Gasteiger partial charge in [0.1, 0.15) is 5.75 Å². The van der Waals surface area contributed by atoms with Gasteiger partial charge in [0.05, 0.1) is 6.61 Å². The molecule has 3 aromatic carbocycles. The fourth-order valence-corrected chi connectivity index (χ4v) is 2.98. The zero-order chi connectivity index (χ0) is 20.5. The number of carbonyl (C=O) groups excluding carboxylic acids is 1. The molecule has 0 saturated heterocycles. The summed E-state index contributed by atoms with van der Waals surface area (Å²) in [5.41, 5.74) is 2.90. The first-order valence-electron chi connectivity index (χ1n) is 9.49. The molecule has 4 nitrogen and oxygen atoms in total. The molecule has 0 atom stereocenters. The SMILES string of the molecule is CN(Cc1ccccc1)C(=S)NC(=O)c1ccc(OCCc2ccccc2)cc1. The predicted molar refractivity (Wildman–Crippen MR) is 120 cm³/mol. The Balaban J connectivity index is 1.47. The summed E-state index contributed by atoms with van der Waals surface area (Å²) in [6.45, 7) is 1.22. The number of nitrogens with zero attached hydrogens (tertiary/aromatic N) is 1. The fraction of sp³-hybridized carbons (Fsp3) is 0.167. The summed E-state index contributed by atoms with van der Waals surface area (Å²) in [4.78, 5) is 14.3. The summed E-state index contributed by atoms with van der Waals surface area (Å²) in [5.74, 6) is 0.506. The molecule has 0 unspecified atom stereocenters. The Morgan fingerprint density at radius 1 is 0.897 bits per heavy atom. The summed E-state index contributed by atoms with van der Waals surface area (Å²) >= 11 is 5.35. The number of rotatable bonds is 7. The first-order valence-corrected chi connectivity index (χ1v) is 9.90. The molecule has 1 N–H and O–H groups in total. The van der Waals surface area contributed by atoms with E-state index in [1.54, 1.807) is 24.3 Å². The second-order valence-electron chi connectivity index (χ2n) is 6.71. The Hall–Kier alpha value is -3.18. The van der Waals surface area contributed by atoms with E-state index in [-0.39, 0.29) is 5.91 Å². The van der Waals surface area contributed by atoms with Crippen LogP contribution in [0.2, 0.25) is 0 Å². The highest BCUT2D eigenvalue weighted by molar-refractivity contribution is 7.80. The van der Waals surface area contributed by atoms with E-state index in [1.807, 2.05) is 60.5 Å².